The highest BCUT2D eigenvalue weighted by atomic mass is 32.2. The number of rotatable bonds is 6. The fraction of sp³-hybridized carbons (Fsp3) is 0.600. The van der Waals surface area contributed by atoms with Crippen molar-refractivity contribution in [3.05, 3.63) is 29.3 Å². The maximum absolute atomic E-state index is 3.49. The maximum atomic E-state index is 3.49. The normalized spacial score (nSPS) is 14.8. The van der Waals surface area contributed by atoms with Crippen molar-refractivity contribution in [1.82, 2.24) is 10.6 Å². The van der Waals surface area contributed by atoms with Gasteiger partial charge in [-0.1, -0.05) is 26.0 Å². The summed E-state index contributed by atoms with van der Waals surface area (Å²) in [4.78, 5) is 1.49. The molecule has 1 heterocycles. The van der Waals surface area contributed by atoms with Gasteiger partial charge in [0.05, 0.1) is 0 Å². The number of benzene rings is 1. The van der Waals surface area contributed by atoms with Crippen LogP contribution in [-0.2, 0) is 13.0 Å². The number of aryl methyl sites for hydroxylation is 1. The smallest absolute Gasteiger partial charge is 0.0206 e. The van der Waals surface area contributed by atoms with Gasteiger partial charge in [-0.05, 0) is 35.8 Å². The molecule has 0 fully saturated rings. The summed E-state index contributed by atoms with van der Waals surface area (Å²) in [5, 5.41) is 6.91. The molecule has 0 unspecified atom stereocenters. The molecule has 0 amide bonds. The van der Waals surface area contributed by atoms with Crippen molar-refractivity contribution in [1.29, 1.82) is 0 Å². The van der Waals surface area contributed by atoms with Gasteiger partial charge in [0.25, 0.3) is 0 Å². The van der Waals surface area contributed by atoms with Crippen molar-refractivity contribution in [2.24, 2.45) is 0 Å². The first-order valence-electron chi connectivity index (χ1n) is 6.94. The molecule has 0 aromatic heterocycles. The van der Waals surface area contributed by atoms with E-state index >= 15 is 0 Å². The van der Waals surface area contributed by atoms with Crippen LogP contribution in [0.25, 0.3) is 0 Å². The molecule has 18 heavy (non-hydrogen) atoms. The standard InChI is InChI=1S/C15H24N2S/c1-12(2)17-8-7-16-11-13-5-6-15-14(10-13)4-3-9-18-15/h5-6,10,12,16-17H,3-4,7-9,11H2,1-2H3. The zero-order chi connectivity index (χ0) is 12.8. The van der Waals surface area contributed by atoms with Crippen molar-refractivity contribution in [2.75, 3.05) is 18.8 Å². The van der Waals surface area contributed by atoms with Gasteiger partial charge in [0.2, 0.25) is 0 Å². The second-order valence-corrected chi connectivity index (χ2v) is 6.32. The van der Waals surface area contributed by atoms with E-state index in [2.05, 4.69) is 42.7 Å². The van der Waals surface area contributed by atoms with Crippen LogP contribution < -0.4 is 10.6 Å². The lowest BCUT2D eigenvalue weighted by Gasteiger charge is -2.16. The summed E-state index contributed by atoms with van der Waals surface area (Å²) in [5.74, 6) is 1.28. The lowest BCUT2D eigenvalue weighted by atomic mass is 10.1. The second kappa shape index (κ2) is 7.17. The highest BCUT2D eigenvalue weighted by Crippen LogP contribution is 2.30. The monoisotopic (exact) mass is 264 g/mol. The highest BCUT2D eigenvalue weighted by Gasteiger charge is 2.09. The fourth-order valence-corrected chi connectivity index (χ4v) is 3.22. The van der Waals surface area contributed by atoms with Gasteiger partial charge in [-0.25, -0.2) is 0 Å². The molecule has 3 heteroatoms. The first-order chi connectivity index (χ1) is 8.75. The average molecular weight is 264 g/mol. The van der Waals surface area contributed by atoms with Crippen molar-refractivity contribution in [3.63, 3.8) is 0 Å². The van der Waals surface area contributed by atoms with E-state index in [1.165, 1.54) is 29.1 Å². The summed E-state index contributed by atoms with van der Waals surface area (Å²) in [6.07, 6.45) is 2.58. The van der Waals surface area contributed by atoms with Gasteiger partial charge >= 0.3 is 0 Å². The van der Waals surface area contributed by atoms with Crippen molar-refractivity contribution in [2.45, 2.75) is 44.2 Å². The molecule has 0 aliphatic carbocycles. The summed E-state index contributed by atoms with van der Waals surface area (Å²) >= 11 is 2.00. The van der Waals surface area contributed by atoms with E-state index in [4.69, 9.17) is 0 Å². The molecule has 0 radical (unpaired) electrons. The molecular formula is C15H24N2S. The number of hydrogen-bond acceptors (Lipinski definition) is 3. The van der Waals surface area contributed by atoms with E-state index in [-0.39, 0.29) is 0 Å². The Labute approximate surface area is 115 Å². The van der Waals surface area contributed by atoms with Crippen LogP contribution in [0.4, 0.5) is 0 Å². The van der Waals surface area contributed by atoms with Crippen LogP contribution in [0.15, 0.2) is 23.1 Å². The molecule has 2 rings (SSSR count). The Bertz CT molecular complexity index is 377. The Kier molecular flexibility index (Phi) is 5.54. The molecule has 100 valence electrons. The Morgan fingerprint density at radius 3 is 3.00 bits per heavy atom. The summed E-state index contributed by atoms with van der Waals surface area (Å²) in [5.41, 5.74) is 2.96. The van der Waals surface area contributed by atoms with Crippen molar-refractivity contribution < 1.29 is 0 Å². The van der Waals surface area contributed by atoms with Crippen LogP contribution >= 0.6 is 11.8 Å². The third kappa shape index (κ3) is 4.30. The Balaban J connectivity index is 1.76. The summed E-state index contributed by atoms with van der Waals surface area (Å²) in [6.45, 7) is 7.42. The fourth-order valence-electron chi connectivity index (χ4n) is 2.21. The summed E-state index contributed by atoms with van der Waals surface area (Å²) in [6, 6.07) is 7.51. The average Bonchev–Trinajstić information content (AvgIpc) is 2.38. The third-order valence-corrected chi connectivity index (χ3v) is 4.36. The minimum Gasteiger partial charge on any atom is -0.313 e. The second-order valence-electron chi connectivity index (χ2n) is 5.18. The van der Waals surface area contributed by atoms with E-state index < -0.39 is 0 Å². The van der Waals surface area contributed by atoms with Crippen LogP contribution in [-0.4, -0.2) is 24.9 Å². The van der Waals surface area contributed by atoms with E-state index in [9.17, 15) is 0 Å². The maximum Gasteiger partial charge on any atom is 0.0206 e. The number of fused-ring (bicyclic) bond motifs is 1. The van der Waals surface area contributed by atoms with Gasteiger partial charge in [-0.15, -0.1) is 11.8 Å². The lowest BCUT2D eigenvalue weighted by molar-refractivity contribution is 0.555. The Morgan fingerprint density at radius 1 is 1.28 bits per heavy atom. The van der Waals surface area contributed by atoms with Crippen LogP contribution in [0.5, 0.6) is 0 Å². The molecule has 1 aliphatic rings. The van der Waals surface area contributed by atoms with E-state index in [1.807, 2.05) is 11.8 Å². The predicted molar refractivity (Wildman–Crippen MR) is 80.3 cm³/mol. The molecule has 2 nitrogen and oxygen atoms in total. The predicted octanol–water partition coefficient (Wildman–Crippen LogP) is 2.81. The summed E-state index contributed by atoms with van der Waals surface area (Å²) < 4.78 is 0. The van der Waals surface area contributed by atoms with Gasteiger partial charge in [0.15, 0.2) is 0 Å². The molecule has 1 aromatic carbocycles. The number of nitrogens with one attached hydrogen (secondary N) is 2. The minimum absolute atomic E-state index is 0.576. The molecular weight excluding hydrogens is 240 g/mol. The van der Waals surface area contributed by atoms with Crippen LogP contribution in [0, 0.1) is 0 Å². The summed E-state index contributed by atoms with van der Waals surface area (Å²) in [7, 11) is 0. The molecule has 1 aliphatic heterocycles. The Hall–Kier alpha value is -0.510. The lowest BCUT2D eigenvalue weighted by Crippen LogP contribution is -2.31. The van der Waals surface area contributed by atoms with Gasteiger partial charge < -0.3 is 10.6 Å². The SMILES string of the molecule is CC(C)NCCNCc1ccc2c(c1)CCCS2. The van der Waals surface area contributed by atoms with Crippen molar-refractivity contribution >= 4 is 11.8 Å². The number of hydrogen-bond donors (Lipinski definition) is 2. The zero-order valence-corrected chi connectivity index (χ0v) is 12.3. The molecule has 0 saturated heterocycles. The van der Waals surface area contributed by atoms with E-state index in [0.717, 1.165) is 19.6 Å². The van der Waals surface area contributed by atoms with E-state index in [1.54, 1.807) is 5.56 Å². The largest absolute Gasteiger partial charge is 0.313 e. The van der Waals surface area contributed by atoms with Gasteiger partial charge in [-0.3, -0.25) is 0 Å². The molecule has 0 bridgehead atoms. The first-order valence-corrected chi connectivity index (χ1v) is 7.93. The van der Waals surface area contributed by atoms with Gasteiger partial charge in [0, 0.05) is 30.6 Å². The quantitative estimate of drug-likeness (QED) is 0.773. The van der Waals surface area contributed by atoms with Gasteiger partial charge in [0.1, 0.15) is 0 Å². The molecule has 2 N–H and O–H groups in total. The minimum atomic E-state index is 0.576. The zero-order valence-electron chi connectivity index (χ0n) is 11.5. The Morgan fingerprint density at radius 2 is 2.17 bits per heavy atom. The molecule has 0 spiro atoms. The molecule has 0 saturated carbocycles. The van der Waals surface area contributed by atoms with Gasteiger partial charge in [-0.2, -0.15) is 0 Å². The van der Waals surface area contributed by atoms with E-state index in [0.29, 0.717) is 6.04 Å². The third-order valence-electron chi connectivity index (χ3n) is 3.16. The van der Waals surface area contributed by atoms with Crippen LogP contribution in [0.3, 0.4) is 0 Å². The van der Waals surface area contributed by atoms with Crippen LogP contribution in [0.2, 0.25) is 0 Å². The highest BCUT2D eigenvalue weighted by molar-refractivity contribution is 7.99. The van der Waals surface area contributed by atoms with Crippen LogP contribution in [0.1, 0.15) is 31.4 Å². The molecule has 1 aromatic rings. The topological polar surface area (TPSA) is 24.1 Å². The first kappa shape index (κ1) is 13.9. The molecule has 0 atom stereocenters. The van der Waals surface area contributed by atoms with Crippen molar-refractivity contribution in [3.8, 4) is 0 Å². The number of thioether (sulfide) groups is 1.